The van der Waals surface area contributed by atoms with Gasteiger partial charge in [0.05, 0.1) is 6.10 Å². The van der Waals surface area contributed by atoms with Crippen LogP contribution in [0.5, 0.6) is 0 Å². The summed E-state index contributed by atoms with van der Waals surface area (Å²) in [7, 11) is 0. The summed E-state index contributed by atoms with van der Waals surface area (Å²) in [6.45, 7) is 4.05. The minimum absolute atomic E-state index is 0.0301. The minimum Gasteiger partial charge on any atom is -0.465 e. The summed E-state index contributed by atoms with van der Waals surface area (Å²) in [5, 5.41) is 0. The van der Waals surface area contributed by atoms with Crippen LogP contribution < -0.4 is 0 Å². The second-order valence-electron chi connectivity index (χ2n) is 3.05. The molecule has 1 fully saturated rings. The maximum atomic E-state index is 9.39. The van der Waals surface area contributed by atoms with Crippen LogP contribution in [0.1, 0.15) is 46.0 Å². The lowest BCUT2D eigenvalue weighted by molar-refractivity contribution is -0.131. The van der Waals surface area contributed by atoms with E-state index in [1.807, 2.05) is 0 Å². The first-order valence-electron chi connectivity index (χ1n) is 4.36. The van der Waals surface area contributed by atoms with E-state index in [4.69, 9.17) is 0 Å². The Kier molecular flexibility index (Phi) is 7.21. The van der Waals surface area contributed by atoms with Gasteiger partial charge in [0.15, 0.2) is 0 Å². The zero-order valence-electron chi connectivity index (χ0n) is 7.51. The van der Waals surface area contributed by atoms with Crippen LogP contribution in [0.2, 0.25) is 0 Å². The number of hydrogen-bond acceptors (Lipinski definition) is 2. The molecule has 1 aliphatic carbocycles. The average Bonchev–Trinajstić information content (AvgIpc) is 2.41. The van der Waals surface area contributed by atoms with Crippen LogP contribution >= 0.6 is 0 Å². The first-order valence-corrected chi connectivity index (χ1v) is 4.36. The summed E-state index contributed by atoms with van der Waals surface area (Å²) in [5.41, 5.74) is 0. The van der Waals surface area contributed by atoms with Gasteiger partial charge in [0, 0.05) is 0 Å². The van der Waals surface area contributed by atoms with E-state index in [0.717, 1.165) is 0 Å². The van der Waals surface area contributed by atoms with E-state index in [1.165, 1.54) is 32.1 Å². The highest BCUT2D eigenvalue weighted by atomic mass is 16.5. The second-order valence-corrected chi connectivity index (χ2v) is 3.05. The molecule has 0 aromatic rings. The molecule has 0 saturated heterocycles. The molecule has 0 radical (unpaired) electrons. The van der Waals surface area contributed by atoms with Gasteiger partial charge in [0.25, 0.3) is 6.47 Å². The monoisotopic (exact) mass is 158 g/mol. The van der Waals surface area contributed by atoms with Crippen LogP contribution in [-0.2, 0) is 9.53 Å². The molecular formula is C9H18O2. The summed E-state index contributed by atoms with van der Waals surface area (Å²) >= 11 is 0. The molecule has 0 aliphatic heterocycles. The standard InChI is InChI=1S/C5H10.C4H8O2/c1-2-4-5-3-1;1-4(2)6-3-5/h1-5H2;3-4H,1-2H3. The van der Waals surface area contributed by atoms with Gasteiger partial charge >= 0.3 is 0 Å². The van der Waals surface area contributed by atoms with E-state index in [0.29, 0.717) is 6.47 Å². The third kappa shape index (κ3) is 9.47. The highest BCUT2D eigenvalue weighted by Gasteiger charge is 1.95. The van der Waals surface area contributed by atoms with E-state index in [1.54, 1.807) is 13.8 Å². The van der Waals surface area contributed by atoms with Gasteiger partial charge < -0.3 is 4.74 Å². The molecule has 0 unspecified atom stereocenters. The van der Waals surface area contributed by atoms with Gasteiger partial charge in [0.1, 0.15) is 0 Å². The van der Waals surface area contributed by atoms with Gasteiger partial charge in [-0.15, -0.1) is 0 Å². The average molecular weight is 158 g/mol. The smallest absolute Gasteiger partial charge is 0.293 e. The maximum absolute atomic E-state index is 9.39. The van der Waals surface area contributed by atoms with Crippen molar-refractivity contribution in [2.45, 2.75) is 52.1 Å². The molecule has 0 aromatic carbocycles. The Bertz CT molecular complexity index is 78.0. The number of ether oxygens (including phenoxy) is 1. The molecule has 1 rings (SSSR count). The van der Waals surface area contributed by atoms with Crippen molar-refractivity contribution >= 4 is 6.47 Å². The van der Waals surface area contributed by atoms with E-state index in [9.17, 15) is 4.79 Å². The molecule has 66 valence electrons. The van der Waals surface area contributed by atoms with Gasteiger partial charge in [-0.3, -0.25) is 4.79 Å². The Morgan fingerprint density at radius 3 is 1.55 bits per heavy atom. The van der Waals surface area contributed by atoms with Crippen molar-refractivity contribution in [2.75, 3.05) is 0 Å². The van der Waals surface area contributed by atoms with Gasteiger partial charge in [-0.1, -0.05) is 32.1 Å². The SMILES string of the molecule is C1CCCC1.CC(C)OC=O. The van der Waals surface area contributed by atoms with Crippen molar-refractivity contribution in [1.82, 2.24) is 0 Å². The largest absolute Gasteiger partial charge is 0.465 e. The van der Waals surface area contributed by atoms with Crippen molar-refractivity contribution in [1.29, 1.82) is 0 Å². The molecule has 0 amide bonds. The van der Waals surface area contributed by atoms with Gasteiger partial charge in [-0.25, -0.2) is 0 Å². The quantitative estimate of drug-likeness (QED) is 0.577. The number of carbonyl (C=O) groups excluding carboxylic acids is 1. The Hall–Kier alpha value is -0.530. The molecule has 0 bridgehead atoms. The first kappa shape index (κ1) is 10.5. The van der Waals surface area contributed by atoms with E-state index in [-0.39, 0.29) is 6.10 Å². The van der Waals surface area contributed by atoms with Crippen molar-refractivity contribution in [3.63, 3.8) is 0 Å². The highest BCUT2D eigenvalue weighted by molar-refractivity contribution is 5.37. The lowest BCUT2D eigenvalue weighted by Gasteiger charge is -1.96. The molecule has 1 saturated carbocycles. The van der Waals surface area contributed by atoms with E-state index < -0.39 is 0 Å². The predicted octanol–water partition coefficient (Wildman–Crippen LogP) is 2.52. The Morgan fingerprint density at radius 1 is 1.09 bits per heavy atom. The third-order valence-electron chi connectivity index (χ3n) is 1.58. The predicted molar refractivity (Wildman–Crippen MR) is 45.4 cm³/mol. The molecule has 0 heterocycles. The summed E-state index contributed by atoms with van der Waals surface area (Å²) in [5.74, 6) is 0. The topological polar surface area (TPSA) is 26.3 Å². The van der Waals surface area contributed by atoms with Crippen molar-refractivity contribution in [3.05, 3.63) is 0 Å². The van der Waals surface area contributed by atoms with Crippen LogP contribution in [0.25, 0.3) is 0 Å². The van der Waals surface area contributed by atoms with Crippen molar-refractivity contribution < 1.29 is 9.53 Å². The lowest BCUT2D eigenvalue weighted by Crippen LogP contribution is -1.98. The number of carbonyl (C=O) groups is 1. The molecule has 0 N–H and O–H groups in total. The molecular weight excluding hydrogens is 140 g/mol. The van der Waals surface area contributed by atoms with E-state index in [2.05, 4.69) is 4.74 Å². The van der Waals surface area contributed by atoms with E-state index >= 15 is 0 Å². The molecule has 2 nitrogen and oxygen atoms in total. The zero-order valence-corrected chi connectivity index (χ0v) is 7.51. The summed E-state index contributed by atoms with van der Waals surface area (Å²) < 4.78 is 4.36. The Labute approximate surface area is 68.9 Å². The van der Waals surface area contributed by atoms with Gasteiger partial charge in [-0.05, 0) is 13.8 Å². The summed E-state index contributed by atoms with van der Waals surface area (Å²) in [4.78, 5) is 9.39. The Balaban J connectivity index is 0.000000183. The number of rotatable bonds is 2. The lowest BCUT2D eigenvalue weighted by atomic mass is 10.4. The zero-order chi connectivity index (χ0) is 8.53. The molecule has 0 spiro atoms. The van der Waals surface area contributed by atoms with Gasteiger partial charge in [0.2, 0.25) is 0 Å². The summed E-state index contributed by atoms with van der Waals surface area (Å²) in [6.07, 6.45) is 7.53. The Morgan fingerprint density at radius 2 is 1.45 bits per heavy atom. The van der Waals surface area contributed by atoms with Crippen LogP contribution in [0.15, 0.2) is 0 Å². The van der Waals surface area contributed by atoms with Crippen LogP contribution in [0.4, 0.5) is 0 Å². The fourth-order valence-corrected chi connectivity index (χ4v) is 0.995. The fourth-order valence-electron chi connectivity index (χ4n) is 0.995. The van der Waals surface area contributed by atoms with Gasteiger partial charge in [-0.2, -0.15) is 0 Å². The molecule has 2 heteroatoms. The van der Waals surface area contributed by atoms with Crippen LogP contribution in [0, 0.1) is 0 Å². The van der Waals surface area contributed by atoms with Crippen LogP contribution in [0.3, 0.4) is 0 Å². The van der Waals surface area contributed by atoms with Crippen LogP contribution in [-0.4, -0.2) is 12.6 Å². The van der Waals surface area contributed by atoms with Crippen molar-refractivity contribution in [2.24, 2.45) is 0 Å². The molecule has 11 heavy (non-hydrogen) atoms. The summed E-state index contributed by atoms with van der Waals surface area (Å²) in [6, 6.07) is 0. The normalized spacial score (nSPS) is 15.5. The highest BCUT2D eigenvalue weighted by Crippen LogP contribution is 2.15. The molecule has 1 aliphatic rings. The maximum Gasteiger partial charge on any atom is 0.293 e. The number of hydrogen-bond donors (Lipinski definition) is 0. The first-order chi connectivity index (χ1) is 5.27. The minimum atomic E-state index is 0.0301. The third-order valence-corrected chi connectivity index (χ3v) is 1.58. The fraction of sp³-hybridized carbons (Fsp3) is 0.889. The molecule has 0 atom stereocenters. The second kappa shape index (κ2) is 7.58. The molecule has 0 aromatic heterocycles. The van der Waals surface area contributed by atoms with Crippen molar-refractivity contribution in [3.8, 4) is 0 Å².